The molecule has 0 atom stereocenters. The maximum Gasteiger partial charge on any atom is 0.411 e. The van der Waals surface area contributed by atoms with Gasteiger partial charge in [0.2, 0.25) is 0 Å². The van der Waals surface area contributed by atoms with Crippen LogP contribution in [-0.4, -0.2) is 31.1 Å². The fraction of sp³-hybridized carbons (Fsp3) is 0.360. The lowest BCUT2D eigenvalue weighted by atomic mass is 9.85. The highest BCUT2D eigenvalue weighted by Gasteiger charge is 2.28. The van der Waals surface area contributed by atoms with Crippen LogP contribution in [0.4, 0.5) is 10.5 Å². The maximum absolute atomic E-state index is 12.9. The third kappa shape index (κ3) is 5.87. The number of hydrogen-bond acceptors (Lipinski definition) is 5. The molecule has 31 heavy (non-hydrogen) atoms. The molecule has 3 rings (SSSR count). The van der Waals surface area contributed by atoms with Crippen molar-refractivity contribution in [1.82, 2.24) is 5.32 Å². The Balaban J connectivity index is 1.78. The Morgan fingerprint density at radius 2 is 1.87 bits per heavy atom. The summed E-state index contributed by atoms with van der Waals surface area (Å²) in [5, 5.41) is 6.14. The van der Waals surface area contributed by atoms with Gasteiger partial charge in [-0.25, -0.2) is 4.79 Å². The minimum atomic E-state index is -0.505. The molecule has 0 fully saturated rings. The molecule has 2 aromatic carbocycles. The van der Waals surface area contributed by atoms with Crippen LogP contribution in [0.25, 0.3) is 5.70 Å². The summed E-state index contributed by atoms with van der Waals surface area (Å²) in [6, 6.07) is 12.7. The second-order valence-electron chi connectivity index (χ2n) is 8.83. The lowest BCUT2D eigenvalue weighted by Crippen LogP contribution is -2.43. The number of benzene rings is 2. The predicted octanol–water partition coefficient (Wildman–Crippen LogP) is 5.05. The molecule has 0 radical (unpaired) electrons. The van der Waals surface area contributed by atoms with Gasteiger partial charge >= 0.3 is 6.09 Å². The standard InChI is InChI=1S/C25H30N2O4/c1-16(2)15-31-24(29)26-19-9-6-17(7-10-19)23(28)13-22-21-12-20(30-5)11-8-18(21)14-25(3,4)27-22/h6-13,16,27H,14-15H2,1-5H3,(H,26,29). The number of ether oxygens (including phenoxy) is 2. The number of anilines is 1. The number of rotatable bonds is 6. The van der Waals surface area contributed by atoms with Gasteiger partial charge < -0.3 is 14.8 Å². The van der Waals surface area contributed by atoms with E-state index in [2.05, 4.69) is 24.5 Å². The van der Waals surface area contributed by atoms with Crippen LogP contribution >= 0.6 is 0 Å². The molecule has 0 saturated carbocycles. The van der Waals surface area contributed by atoms with Gasteiger partial charge in [-0.05, 0) is 68.1 Å². The largest absolute Gasteiger partial charge is 0.497 e. The van der Waals surface area contributed by atoms with E-state index in [9.17, 15) is 9.59 Å². The Bertz CT molecular complexity index is 991. The zero-order valence-corrected chi connectivity index (χ0v) is 18.7. The first-order chi connectivity index (χ1) is 14.7. The average Bonchev–Trinajstić information content (AvgIpc) is 2.71. The van der Waals surface area contributed by atoms with Crippen molar-refractivity contribution in [2.75, 3.05) is 19.0 Å². The van der Waals surface area contributed by atoms with Crippen LogP contribution < -0.4 is 15.4 Å². The first-order valence-corrected chi connectivity index (χ1v) is 10.4. The van der Waals surface area contributed by atoms with Crippen LogP contribution in [-0.2, 0) is 11.2 Å². The number of amides is 1. The van der Waals surface area contributed by atoms with Crippen molar-refractivity contribution < 1.29 is 19.1 Å². The van der Waals surface area contributed by atoms with E-state index >= 15 is 0 Å². The quantitative estimate of drug-likeness (QED) is 0.503. The highest BCUT2D eigenvalue weighted by molar-refractivity contribution is 6.09. The highest BCUT2D eigenvalue weighted by Crippen LogP contribution is 2.32. The van der Waals surface area contributed by atoms with Crippen molar-refractivity contribution in [3.63, 3.8) is 0 Å². The zero-order chi connectivity index (χ0) is 22.6. The molecule has 0 aromatic heterocycles. The summed E-state index contributed by atoms with van der Waals surface area (Å²) >= 11 is 0. The summed E-state index contributed by atoms with van der Waals surface area (Å²) in [6.45, 7) is 8.51. The van der Waals surface area contributed by atoms with Crippen molar-refractivity contribution in [1.29, 1.82) is 0 Å². The highest BCUT2D eigenvalue weighted by atomic mass is 16.5. The van der Waals surface area contributed by atoms with Crippen LogP contribution in [0.3, 0.4) is 0 Å². The second kappa shape index (κ2) is 9.25. The molecule has 164 valence electrons. The molecule has 2 N–H and O–H groups in total. The van der Waals surface area contributed by atoms with Gasteiger partial charge in [-0.1, -0.05) is 19.9 Å². The van der Waals surface area contributed by atoms with Crippen molar-refractivity contribution in [2.24, 2.45) is 5.92 Å². The molecule has 1 amide bonds. The Hall–Kier alpha value is -3.28. The first kappa shape index (κ1) is 22.4. The third-order valence-corrected chi connectivity index (χ3v) is 4.95. The average molecular weight is 423 g/mol. The van der Waals surface area contributed by atoms with Gasteiger partial charge in [-0.3, -0.25) is 10.1 Å². The van der Waals surface area contributed by atoms with E-state index in [1.54, 1.807) is 37.5 Å². The van der Waals surface area contributed by atoms with Crippen LogP contribution in [0.5, 0.6) is 5.75 Å². The Morgan fingerprint density at radius 3 is 2.52 bits per heavy atom. The van der Waals surface area contributed by atoms with Crippen molar-refractivity contribution in [3.8, 4) is 5.75 Å². The van der Waals surface area contributed by atoms with E-state index in [0.717, 1.165) is 23.4 Å². The van der Waals surface area contributed by atoms with Gasteiger partial charge in [0.25, 0.3) is 0 Å². The van der Waals surface area contributed by atoms with Crippen molar-refractivity contribution in [3.05, 3.63) is 65.2 Å². The summed E-state index contributed by atoms with van der Waals surface area (Å²) in [5.41, 5.74) is 3.85. The molecule has 0 spiro atoms. The second-order valence-corrected chi connectivity index (χ2v) is 8.83. The van der Waals surface area contributed by atoms with Crippen molar-refractivity contribution in [2.45, 2.75) is 39.7 Å². The first-order valence-electron chi connectivity index (χ1n) is 10.4. The SMILES string of the molecule is COc1ccc2c(c1)C(=CC(=O)c1ccc(NC(=O)OCC(C)C)cc1)NC(C)(C)C2. The van der Waals surface area contributed by atoms with Crippen LogP contribution in [0.15, 0.2) is 48.5 Å². The maximum atomic E-state index is 12.9. The zero-order valence-electron chi connectivity index (χ0n) is 18.7. The van der Waals surface area contributed by atoms with Gasteiger partial charge in [-0.2, -0.15) is 0 Å². The Morgan fingerprint density at radius 1 is 1.16 bits per heavy atom. The number of allylic oxidation sites excluding steroid dienone is 1. The third-order valence-electron chi connectivity index (χ3n) is 4.95. The minimum Gasteiger partial charge on any atom is -0.497 e. The number of methoxy groups -OCH3 is 1. The molecule has 0 unspecified atom stereocenters. The van der Waals surface area contributed by atoms with E-state index in [1.807, 2.05) is 32.0 Å². The minimum absolute atomic E-state index is 0.122. The normalized spacial score (nSPS) is 15.7. The summed E-state index contributed by atoms with van der Waals surface area (Å²) < 4.78 is 10.5. The molecule has 2 aromatic rings. The van der Waals surface area contributed by atoms with Crippen LogP contribution in [0, 0.1) is 5.92 Å². The van der Waals surface area contributed by atoms with E-state index in [1.165, 1.54) is 5.56 Å². The topological polar surface area (TPSA) is 76.7 Å². The molecule has 1 aliphatic rings. The molecular weight excluding hydrogens is 392 g/mol. The van der Waals surface area contributed by atoms with Crippen LogP contribution in [0.2, 0.25) is 0 Å². The van der Waals surface area contributed by atoms with Gasteiger partial charge in [0.05, 0.1) is 13.7 Å². The fourth-order valence-electron chi connectivity index (χ4n) is 3.48. The Labute approximate surface area is 183 Å². The molecular formula is C25H30N2O4. The van der Waals surface area contributed by atoms with Gasteiger partial charge in [0.15, 0.2) is 5.78 Å². The fourth-order valence-corrected chi connectivity index (χ4v) is 3.48. The number of nitrogens with one attached hydrogen (secondary N) is 2. The molecule has 6 nitrogen and oxygen atoms in total. The van der Waals surface area contributed by atoms with Crippen molar-refractivity contribution >= 4 is 23.3 Å². The lowest BCUT2D eigenvalue weighted by molar-refractivity contribution is 0.104. The predicted molar refractivity (Wildman–Crippen MR) is 122 cm³/mol. The monoisotopic (exact) mass is 422 g/mol. The smallest absolute Gasteiger partial charge is 0.411 e. The molecule has 0 aliphatic carbocycles. The van der Waals surface area contributed by atoms with E-state index in [0.29, 0.717) is 17.9 Å². The molecule has 1 heterocycles. The summed E-state index contributed by atoms with van der Waals surface area (Å²) in [4.78, 5) is 24.7. The van der Waals surface area contributed by atoms with E-state index in [-0.39, 0.29) is 17.2 Å². The summed E-state index contributed by atoms with van der Waals surface area (Å²) in [6.07, 6.45) is 1.97. The summed E-state index contributed by atoms with van der Waals surface area (Å²) in [7, 11) is 1.63. The van der Waals surface area contributed by atoms with Gasteiger partial charge in [0.1, 0.15) is 5.75 Å². The van der Waals surface area contributed by atoms with Gasteiger partial charge in [-0.15, -0.1) is 0 Å². The molecule has 0 saturated heterocycles. The van der Waals surface area contributed by atoms with E-state index < -0.39 is 6.09 Å². The number of carbonyl (C=O) groups is 2. The number of carbonyl (C=O) groups excluding carboxylic acids is 2. The molecule has 1 aliphatic heterocycles. The molecule has 0 bridgehead atoms. The lowest BCUT2D eigenvalue weighted by Gasteiger charge is -2.35. The number of hydrogen-bond donors (Lipinski definition) is 2. The number of ketones is 1. The van der Waals surface area contributed by atoms with E-state index in [4.69, 9.17) is 9.47 Å². The number of fused-ring (bicyclic) bond motifs is 1. The van der Waals surface area contributed by atoms with Crippen LogP contribution in [0.1, 0.15) is 49.2 Å². The Kier molecular flexibility index (Phi) is 6.68. The molecule has 6 heteroatoms. The summed E-state index contributed by atoms with van der Waals surface area (Å²) in [5.74, 6) is 0.892. The van der Waals surface area contributed by atoms with Gasteiger partial charge in [0, 0.05) is 34.1 Å².